The monoisotopic (exact) mass is 439 g/mol. The van der Waals surface area contributed by atoms with Gasteiger partial charge >= 0.3 is 6.18 Å². The Morgan fingerprint density at radius 2 is 1.77 bits per heavy atom. The number of nitrogens with zero attached hydrogens (tertiary/aromatic N) is 2. The first-order chi connectivity index (χ1) is 14.6. The summed E-state index contributed by atoms with van der Waals surface area (Å²) in [5.41, 5.74) is -2.41. The molecule has 9 nitrogen and oxygen atoms in total. The van der Waals surface area contributed by atoms with Gasteiger partial charge in [0.15, 0.2) is 11.5 Å². The Kier molecular flexibility index (Phi) is 5.99. The molecule has 2 aromatic rings. The number of nitro benzene ring substituents is 1. The second kappa shape index (κ2) is 8.50. The summed E-state index contributed by atoms with van der Waals surface area (Å²) in [5, 5.41) is 13.5. The summed E-state index contributed by atoms with van der Waals surface area (Å²) in [4.78, 5) is 36.4. The van der Waals surface area contributed by atoms with Gasteiger partial charge in [-0.15, -0.1) is 0 Å². The molecule has 1 aliphatic rings. The van der Waals surface area contributed by atoms with Crippen LogP contribution in [0.3, 0.4) is 0 Å². The predicted molar refractivity (Wildman–Crippen MR) is 101 cm³/mol. The lowest BCUT2D eigenvalue weighted by Crippen LogP contribution is -2.35. The predicted octanol–water partition coefficient (Wildman–Crippen LogP) is 3.10. The third kappa shape index (κ3) is 4.85. The van der Waals surface area contributed by atoms with Crippen LogP contribution in [0.25, 0.3) is 0 Å². The lowest BCUT2D eigenvalue weighted by Gasteiger charge is -2.21. The van der Waals surface area contributed by atoms with Crippen LogP contribution in [0.15, 0.2) is 36.4 Å². The van der Waals surface area contributed by atoms with Gasteiger partial charge in [0.25, 0.3) is 11.6 Å². The highest BCUT2D eigenvalue weighted by molar-refractivity contribution is 6.02. The van der Waals surface area contributed by atoms with Gasteiger partial charge < -0.3 is 19.7 Å². The molecular weight excluding hydrogens is 423 g/mol. The smallest absolute Gasteiger partial charge is 0.418 e. The number of benzene rings is 2. The number of likely N-dealkylation sites (N-methyl/N-ethyl adjacent to an activating group) is 1. The molecular formula is C19H16F3N3O6. The first kappa shape index (κ1) is 21.9. The van der Waals surface area contributed by atoms with Crippen molar-refractivity contribution in [1.29, 1.82) is 0 Å². The Labute approximate surface area is 173 Å². The largest absolute Gasteiger partial charge is 0.486 e. The number of halogens is 3. The summed E-state index contributed by atoms with van der Waals surface area (Å²) in [7, 11) is 1.19. The molecule has 0 saturated heterocycles. The van der Waals surface area contributed by atoms with Crippen LogP contribution in [-0.2, 0) is 11.0 Å². The molecule has 0 bridgehead atoms. The fraction of sp³-hybridized carbons (Fsp3) is 0.263. The van der Waals surface area contributed by atoms with Crippen molar-refractivity contribution in [3.8, 4) is 11.5 Å². The fourth-order valence-corrected chi connectivity index (χ4v) is 2.92. The molecule has 0 unspecified atom stereocenters. The molecule has 2 amide bonds. The van der Waals surface area contributed by atoms with Gasteiger partial charge in [-0.05, 0) is 12.1 Å². The molecule has 1 aliphatic heterocycles. The highest BCUT2D eigenvalue weighted by Crippen LogP contribution is 2.37. The van der Waals surface area contributed by atoms with Crippen molar-refractivity contribution in [2.45, 2.75) is 6.18 Å². The van der Waals surface area contributed by atoms with Gasteiger partial charge in [-0.3, -0.25) is 19.7 Å². The second-order valence-corrected chi connectivity index (χ2v) is 6.52. The molecule has 2 aromatic carbocycles. The number of ether oxygens (including phenoxy) is 2. The van der Waals surface area contributed by atoms with E-state index in [1.165, 1.54) is 19.2 Å². The minimum absolute atomic E-state index is 0.110. The molecule has 0 aromatic heterocycles. The molecule has 0 spiro atoms. The van der Waals surface area contributed by atoms with Gasteiger partial charge in [0.1, 0.15) is 18.8 Å². The van der Waals surface area contributed by atoms with E-state index in [4.69, 9.17) is 9.47 Å². The maximum atomic E-state index is 13.1. The molecule has 3 rings (SSSR count). The lowest BCUT2D eigenvalue weighted by molar-refractivity contribution is -0.385. The number of para-hydroxylation sites is 1. The van der Waals surface area contributed by atoms with Gasteiger partial charge in [0.05, 0.1) is 28.8 Å². The van der Waals surface area contributed by atoms with Crippen LogP contribution in [0.5, 0.6) is 11.5 Å². The summed E-state index contributed by atoms with van der Waals surface area (Å²) in [6, 6.07) is 6.57. The summed E-state index contributed by atoms with van der Waals surface area (Å²) >= 11 is 0. The number of hydrogen-bond acceptors (Lipinski definition) is 6. The molecule has 12 heteroatoms. The van der Waals surface area contributed by atoms with Crippen LogP contribution in [0, 0.1) is 10.1 Å². The van der Waals surface area contributed by atoms with Crippen LogP contribution in [0.2, 0.25) is 0 Å². The lowest BCUT2D eigenvalue weighted by atomic mass is 10.1. The molecule has 1 heterocycles. The number of alkyl halides is 3. The normalized spacial score (nSPS) is 12.8. The number of carbonyl (C=O) groups excluding carboxylic acids is 2. The SMILES string of the molecule is CN(CC(=O)Nc1ccccc1C(F)(F)F)C(=O)c1cc2c(cc1[N+](=O)[O-])OCCO2. The Bertz CT molecular complexity index is 1040. The van der Waals surface area contributed by atoms with E-state index in [1.807, 2.05) is 0 Å². The summed E-state index contributed by atoms with van der Waals surface area (Å²) in [6.07, 6.45) is -4.68. The van der Waals surface area contributed by atoms with Crippen molar-refractivity contribution >= 4 is 23.2 Å². The number of amides is 2. The zero-order chi connectivity index (χ0) is 22.8. The summed E-state index contributed by atoms with van der Waals surface area (Å²) < 4.78 is 49.8. The van der Waals surface area contributed by atoms with Crippen molar-refractivity contribution in [1.82, 2.24) is 4.90 Å². The second-order valence-electron chi connectivity index (χ2n) is 6.52. The number of fused-ring (bicyclic) bond motifs is 1. The van der Waals surface area contributed by atoms with Gasteiger partial charge in [-0.2, -0.15) is 13.2 Å². The van der Waals surface area contributed by atoms with Gasteiger partial charge in [-0.1, -0.05) is 12.1 Å². The van der Waals surface area contributed by atoms with E-state index < -0.39 is 46.4 Å². The summed E-state index contributed by atoms with van der Waals surface area (Å²) in [5.74, 6) is -1.55. The number of rotatable bonds is 5. The Hall–Kier alpha value is -3.83. The van der Waals surface area contributed by atoms with Crippen molar-refractivity contribution in [2.24, 2.45) is 0 Å². The van der Waals surface area contributed by atoms with Crippen molar-refractivity contribution in [3.05, 3.63) is 57.6 Å². The zero-order valence-electron chi connectivity index (χ0n) is 16.1. The molecule has 0 saturated carbocycles. The number of hydrogen-bond donors (Lipinski definition) is 1. The molecule has 164 valence electrons. The van der Waals surface area contributed by atoms with Crippen LogP contribution < -0.4 is 14.8 Å². The number of anilines is 1. The first-order valence-electron chi connectivity index (χ1n) is 8.87. The molecule has 0 aliphatic carbocycles. The first-order valence-corrected chi connectivity index (χ1v) is 8.87. The number of carbonyl (C=O) groups is 2. The third-order valence-corrected chi connectivity index (χ3v) is 4.32. The zero-order valence-corrected chi connectivity index (χ0v) is 16.1. The average Bonchev–Trinajstić information content (AvgIpc) is 2.71. The van der Waals surface area contributed by atoms with Crippen LogP contribution in [0.1, 0.15) is 15.9 Å². The van der Waals surface area contributed by atoms with E-state index in [2.05, 4.69) is 5.32 Å². The molecule has 0 fully saturated rings. The minimum Gasteiger partial charge on any atom is -0.486 e. The van der Waals surface area contributed by atoms with Crippen LogP contribution in [0.4, 0.5) is 24.5 Å². The third-order valence-electron chi connectivity index (χ3n) is 4.32. The molecule has 0 radical (unpaired) electrons. The maximum absolute atomic E-state index is 13.1. The van der Waals surface area contributed by atoms with Crippen LogP contribution in [-0.4, -0.2) is 48.4 Å². The van der Waals surface area contributed by atoms with E-state index in [9.17, 15) is 32.9 Å². The van der Waals surface area contributed by atoms with Crippen molar-refractivity contribution in [3.63, 3.8) is 0 Å². The van der Waals surface area contributed by atoms with E-state index in [-0.39, 0.29) is 30.3 Å². The van der Waals surface area contributed by atoms with E-state index in [0.717, 1.165) is 29.2 Å². The van der Waals surface area contributed by atoms with E-state index in [0.29, 0.717) is 0 Å². The van der Waals surface area contributed by atoms with Crippen LogP contribution >= 0.6 is 0 Å². The highest BCUT2D eigenvalue weighted by atomic mass is 19.4. The Morgan fingerprint density at radius 1 is 1.16 bits per heavy atom. The van der Waals surface area contributed by atoms with Gasteiger partial charge in [-0.25, -0.2) is 0 Å². The molecule has 31 heavy (non-hydrogen) atoms. The van der Waals surface area contributed by atoms with Crippen molar-refractivity contribution in [2.75, 3.05) is 32.1 Å². The Morgan fingerprint density at radius 3 is 2.39 bits per heavy atom. The maximum Gasteiger partial charge on any atom is 0.418 e. The van der Waals surface area contributed by atoms with Crippen molar-refractivity contribution < 1.29 is 37.2 Å². The van der Waals surface area contributed by atoms with Gasteiger partial charge in [0.2, 0.25) is 5.91 Å². The molecule has 1 N–H and O–H groups in total. The van der Waals surface area contributed by atoms with Gasteiger partial charge in [0, 0.05) is 13.1 Å². The topological polar surface area (TPSA) is 111 Å². The standard InChI is InChI=1S/C19H16F3N3O6/c1-24(10-17(26)23-13-5-3-2-4-12(13)19(20,21)22)18(27)11-8-15-16(31-7-6-30-15)9-14(11)25(28)29/h2-5,8-9H,6-7,10H2,1H3,(H,23,26). The quantitative estimate of drug-likeness (QED) is 0.566. The molecule has 0 atom stereocenters. The minimum atomic E-state index is -4.68. The van der Waals surface area contributed by atoms with E-state index in [1.54, 1.807) is 0 Å². The number of nitrogens with one attached hydrogen (secondary N) is 1. The van der Waals surface area contributed by atoms with E-state index >= 15 is 0 Å². The fourth-order valence-electron chi connectivity index (χ4n) is 2.92. The summed E-state index contributed by atoms with van der Waals surface area (Å²) in [6.45, 7) is -0.261. The number of nitro groups is 1. The Balaban J connectivity index is 1.79. The highest BCUT2D eigenvalue weighted by Gasteiger charge is 2.34. The average molecular weight is 439 g/mol.